The quantitative estimate of drug-likeness (QED) is 0.765. The summed E-state index contributed by atoms with van der Waals surface area (Å²) in [5.74, 6) is 0.275. The summed E-state index contributed by atoms with van der Waals surface area (Å²) in [7, 11) is 0. The number of nitrogens with zero attached hydrogens (tertiary/aromatic N) is 2. The molecule has 1 aromatic carbocycles. The Morgan fingerprint density at radius 2 is 2.14 bits per heavy atom. The zero-order chi connectivity index (χ0) is 15.9. The molecule has 0 radical (unpaired) electrons. The van der Waals surface area contributed by atoms with Crippen LogP contribution in [0.5, 0.6) is 5.88 Å². The van der Waals surface area contributed by atoms with E-state index in [1.54, 1.807) is 11.6 Å². The van der Waals surface area contributed by atoms with Crippen LogP contribution in [0.15, 0.2) is 41.0 Å². The molecule has 1 unspecified atom stereocenters. The van der Waals surface area contributed by atoms with Gasteiger partial charge >= 0.3 is 0 Å². The van der Waals surface area contributed by atoms with Crippen molar-refractivity contribution in [3.8, 4) is 11.6 Å². The number of unbranched alkanes of at least 4 members (excludes halogenated alkanes) is 1. The third-order valence-electron chi connectivity index (χ3n) is 3.15. The van der Waals surface area contributed by atoms with Gasteiger partial charge in [-0.15, -0.1) is 5.10 Å². The number of carbonyl (C=O) groups excluding carboxylic acids is 1. The van der Waals surface area contributed by atoms with Crippen LogP contribution >= 0.6 is 15.9 Å². The molecule has 0 bridgehead atoms. The monoisotopic (exact) mass is 365 g/mol. The highest BCUT2D eigenvalue weighted by atomic mass is 79.9. The van der Waals surface area contributed by atoms with Gasteiger partial charge in [-0.3, -0.25) is 4.79 Å². The molecule has 118 valence electrons. The largest absolute Gasteiger partial charge is 0.463 e. The highest BCUT2D eigenvalue weighted by Gasteiger charge is 2.18. The van der Waals surface area contributed by atoms with Crippen molar-refractivity contribution in [1.82, 2.24) is 15.1 Å². The van der Waals surface area contributed by atoms with Crippen molar-refractivity contribution in [2.24, 2.45) is 0 Å². The molecule has 1 aromatic heterocycles. The third-order valence-corrected chi connectivity index (χ3v) is 3.69. The van der Waals surface area contributed by atoms with E-state index in [0.29, 0.717) is 16.9 Å². The Morgan fingerprint density at radius 3 is 2.82 bits per heavy atom. The minimum atomic E-state index is -0.590. The van der Waals surface area contributed by atoms with E-state index in [1.807, 2.05) is 36.5 Å². The fourth-order valence-electron chi connectivity index (χ4n) is 1.88. The highest BCUT2D eigenvalue weighted by molar-refractivity contribution is 9.10. The second-order valence-corrected chi connectivity index (χ2v) is 5.82. The summed E-state index contributed by atoms with van der Waals surface area (Å²) in [6, 6.07) is 9.72. The molecule has 0 spiro atoms. The van der Waals surface area contributed by atoms with Crippen LogP contribution in [0.1, 0.15) is 26.7 Å². The molecular weight excluding hydrogens is 346 g/mol. The first-order valence-corrected chi connectivity index (χ1v) is 8.16. The van der Waals surface area contributed by atoms with Gasteiger partial charge in [0.2, 0.25) is 5.88 Å². The van der Waals surface area contributed by atoms with Gasteiger partial charge in [0.05, 0.1) is 10.2 Å². The lowest BCUT2D eigenvalue weighted by atomic mass is 10.3. The molecule has 5 nitrogen and oxygen atoms in total. The van der Waals surface area contributed by atoms with E-state index < -0.39 is 6.10 Å². The molecular formula is C16H20BrN3O2. The zero-order valence-electron chi connectivity index (χ0n) is 12.8. The maximum Gasteiger partial charge on any atom is 0.260 e. The topological polar surface area (TPSA) is 56.1 Å². The van der Waals surface area contributed by atoms with Crippen LogP contribution in [0.3, 0.4) is 0 Å². The molecule has 1 heterocycles. The Balaban J connectivity index is 2.01. The van der Waals surface area contributed by atoms with Crippen molar-refractivity contribution in [2.75, 3.05) is 6.54 Å². The number of aromatic nitrogens is 2. The summed E-state index contributed by atoms with van der Waals surface area (Å²) in [6.45, 7) is 4.47. The maximum atomic E-state index is 11.9. The number of halogens is 1. The van der Waals surface area contributed by atoms with Crippen LogP contribution in [-0.4, -0.2) is 28.3 Å². The number of para-hydroxylation sites is 1. The lowest BCUT2D eigenvalue weighted by Crippen LogP contribution is -2.36. The van der Waals surface area contributed by atoms with Crippen molar-refractivity contribution < 1.29 is 9.53 Å². The number of benzene rings is 1. The number of rotatable bonds is 7. The SMILES string of the molecule is CCCCNC(=O)C(C)Oc1nn(-c2ccccc2)cc1Br. The lowest BCUT2D eigenvalue weighted by molar-refractivity contribution is -0.127. The first kappa shape index (κ1) is 16.5. The van der Waals surface area contributed by atoms with E-state index in [4.69, 9.17) is 4.74 Å². The number of ether oxygens (including phenoxy) is 1. The normalized spacial score (nSPS) is 12.0. The van der Waals surface area contributed by atoms with Crippen LogP contribution < -0.4 is 10.1 Å². The van der Waals surface area contributed by atoms with Gasteiger partial charge < -0.3 is 10.1 Å². The standard InChI is InChI=1S/C16H20BrN3O2/c1-3-4-10-18-15(21)12(2)22-16-14(17)11-20(19-16)13-8-6-5-7-9-13/h5-9,11-12H,3-4,10H2,1-2H3,(H,18,21). The number of amides is 1. The van der Waals surface area contributed by atoms with E-state index in [1.165, 1.54) is 0 Å². The molecule has 0 fully saturated rings. The van der Waals surface area contributed by atoms with Gasteiger partial charge in [0, 0.05) is 12.7 Å². The van der Waals surface area contributed by atoms with Crippen molar-refractivity contribution in [3.63, 3.8) is 0 Å². The molecule has 0 saturated heterocycles. The van der Waals surface area contributed by atoms with E-state index in [-0.39, 0.29) is 5.91 Å². The van der Waals surface area contributed by atoms with Crippen molar-refractivity contribution in [1.29, 1.82) is 0 Å². The Kier molecular flexibility index (Phi) is 6.00. The predicted molar refractivity (Wildman–Crippen MR) is 89.3 cm³/mol. The average Bonchev–Trinajstić information content (AvgIpc) is 2.89. The number of carbonyl (C=O) groups is 1. The number of nitrogens with one attached hydrogen (secondary N) is 1. The van der Waals surface area contributed by atoms with Crippen LogP contribution in [0.2, 0.25) is 0 Å². The molecule has 2 aromatic rings. The van der Waals surface area contributed by atoms with Gasteiger partial charge in [-0.05, 0) is 41.4 Å². The van der Waals surface area contributed by atoms with Crippen LogP contribution in [0.25, 0.3) is 5.69 Å². The van der Waals surface area contributed by atoms with E-state index in [9.17, 15) is 4.79 Å². The second-order valence-electron chi connectivity index (χ2n) is 4.97. The fraction of sp³-hybridized carbons (Fsp3) is 0.375. The predicted octanol–water partition coefficient (Wildman–Crippen LogP) is 3.32. The summed E-state index contributed by atoms with van der Waals surface area (Å²) >= 11 is 3.42. The van der Waals surface area contributed by atoms with Crippen LogP contribution in [0.4, 0.5) is 0 Å². The summed E-state index contributed by atoms with van der Waals surface area (Å²) in [4.78, 5) is 11.9. The minimum Gasteiger partial charge on any atom is -0.463 e. The first-order valence-electron chi connectivity index (χ1n) is 7.36. The Hall–Kier alpha value is -1.82. The molecule has 0 aliphatic carbocycles. The Labute approximate surface area is 138 Å². The summed E-state index contributed by atoms with van der Waals surface area (Å²) in [5, 5.41) is 7.21. The van der Waals surface area contributed by atoms with E-state index in [0.717, 1.165) is 18.5 Å². The number of hydrogen-bond acceptors (Lipinski definition) is 3. The van der Waals surface area contributed by atoms with E-state index >= 15 is 0 Å². The fourth-order valence-corrected chi connectivity index (χ4v) is 2.25. The molecule has 2 rings (SSSR count). The van der Waals surface area contributed by atoms with Crippen molar-refractivity contribution in [2.45, 2.75) is 32.8 Å². The Bertz CT molecular complexity index is 613. The molecule has 6 heteroatoms. The van der Waals surface area contributed by atoms with E-state index in [2.05, 4.69) is 33.3 Å². The molecule has 0 aliphatic rings. The smallest absolute Gasteiger partial charge is 0.260 e. The molecule has 22 heavy (non-hydrogen) atoms. The lowest BCUT2D eigenvalue weighted by Gasteiger charge is -2.13. The first-order chi connectivity index (χ1) is 10.6. The summed E-state index contributed by atoms with van der Waals surface area (Å²) in [6.07, 6.45) is 3.23. The van der Waals surface area contributed by atoms with Crippen LogP contribution in [0, 0.1) is 0 Å². The molecule has 1 N–H and O–H groups in total. The molecule has 1 atom stereocenters. The van der Waals surface area contributed by atoms with Crippen molar-refractivity contribution in [3.05, 3.63) is 41.0 Å². The number of hydrogen-bond donors (Lipinski definition) is 1. The highest BCUT2D eigenvalue weighted by Crippen LogP contribution is 2.25. The molecule has 0 saturated carbocycles. The maximum absolute atomic E-state index is 11.9. The molecule has 0 aliphatic heterocycles. The summed E-state index contributed by atoms with van der Waals surface area (Å²) in [5.41, 5.74) is 0.929. The van der Waals surface area contributed by atoms with Gasteiger partial charge in [-0.2, -0.15) is 0 Å². The van der Waals surface area contributed by atoms with Gasteiger partial charge in [0.25, 0.3) is 5.91 Å². The zero-order valence-corrected chi connectivity index (χ0v) is 14.3. The Morgan fingerprint density at radius 1 is 1.41 bits per heavy atom. The molecule has 1 amide bonds. The van der Waals surface area contributed by atoms with Gasteiger partial charge in [-0.1, -0.05) is 31.5 Å². The van der Waals surface area contributed by atoms with Crippen molar-refractivity contribution >= 4 is 21.8 Å². The average molecular weight is 366 g/mol. The van der Waals surface area contributed by atoms with Crippen LogP contribution in [-0.2, 0) is 4.79 Å². The second kappa shape index (κ2) is 7.98. The third kappa shape index (κ3) is 4.34. The minimum absolute atomic E-state index is 0.130. The van der Waals surface area contributed by atoms with Gasteiger partial charge in [-0.25, -0.2) is 4.68 Å². The van der Waals surface area contributed by atoms with Gasteiger partial charge in [0.1, 0.15) is 0 Å². The van der Waals surface area contributed by atoms with Gasteiger partial charge in [0.15, 0.2) is 6.10 Å². The summed E-state index contributed by atoms with van der Waals surface area (Å²) < 4.78 is 8.07.